The van der Waals surface area contributed by atoms with Gasteiger partial charge in [-0.15, -0.1) is 0 Å². The molecule has 0 amide bonds. The van der Waals surface area contributed by atoms with Crippen LogP contribution in [0.1, 0.15) is 6.92 Å². The summed E-state index contributed by atoms with van der Waals surface area (Å²) in [7, 11) is 1.88. The molecule has 0 radical (unpaired) electrons. The summed E-state index contributed by atoms with van der Waals surface area (Å²) in [5, 5.41) is 8.54. The van der Waals surface area contributed by atoms with E-state index in [4.69, 9.17) is 23.1 Å². The highest BCUT2D eigenvalue weighted by molar-refractivity contribution is 7.80. The van der Waals surface area contributed by atoms with E-state index in [-0.39, 0.29) is 12.6 Å². The molecule has 3 nitrogen and oxygen atoms in total. The van der Waals surface area contributed by atoms with Gasteiger partial charge < -0.3 is 10.8 Å². The first kappa shape index (κ1) is 9.81. The molecule has 10 heavy (non-hydrogen) atoms. The number of likely N-dealkylation sites (N-methyl/N-ethyl adjacent to an activating group) is 1. The van der Waals surface area contributed by atoms with Gasteiger partial charge in [-0.2, -0.15) is 0 Å². The lowest BCUT2D eigenvalue weighted by atomic mass is 10.3. The number of nitrogens with zero attached hydrogens (tertiary/aromatic N) is 1. The molecule has 0 aromatic rings. The molecular weight excluding hydrogens is 148 g/mol. The summed E-state index contributed by atoms with van der Waals surface area (Å²) in [4.78, 5) is 2.37. The van der Waals surface area contributed by atoms with E-state index in [1.165, 1.54) is 0 Å². The Hall–Kier alpha value is -0.190. The van der Waals surface area contributed by atoms with Crippen LogP contribution in [0.5, 0.6) is 0 Å². The van der Waals surface area contributed by atoms with Gasteiger partial charge in [-0.3, -0.25) is 4.90 Å². The summed E-state index contributed by atoms with van der Waals surface area (Å²) in [5.74, 6) is 0. The lowest BCUT2D eigenvalue weighted by Gasteiger charge is -2.22. The number of hydrogen-bond donors (Lipinski definition) is 2. The molecule has 0 fully saturated rings. The van der Waals surface area contributed by atoms with Crippen molar-refractivity contribution in [2.24, 2.45) is 5.73 Å². The number of nitrogens with two attached hydrogens (primary N) is 1. The molecule has 0 aliphatic rings. The van der Waals surface area contributed by atoms with Crippen molar-refractivity contribution in [1.82, 2.24) is 4.90 Å². The van der Waals surface area contributed by atoms with Crippen LogP contribution in [0.2, 0.25) is 0 Å². The van der Waals surface area contributed by atoms with Crippen LogP contribution in [0.15, 0.2) is 0 Å². The maximum absolute atomic E-state index is 8.54. The van der Waals surface area contributed by atoms with Gasteiger partial charge in [-0.25, -0.2) is 0 Å². The van der Waals surface area contributed by atoms with Crippen molar-refractivity contribution in [1.29, 1.82) is 0 Å². The molecule has 1 unspecified atom stereocenters. The number of aliphatic hydroxyl groups is 1. The second-order valence-electron chi connectivity index (χ2n) is 2.28. The second kappa shape index (κ2) is 4.60. The van der Waals surface area contributed by atoms with Gasteiger partial charge in [0, 0.05) is 6.54 Å². The molecule has 0 aromatic heterocycles. The highest BCUT2D eigenvalue weighted by Gasteiger charge is 2.09. The van der Waals surface area contributed by atoms with E-state index >= 15 is 0 Å². The summed E-state index contributed by atoms with van der Waals surface area (Å²) in [5.41, 5.74) is 5.38. The van der Waals surface area contributed by atoms with Crippen molar-refractivity contribution >= 4 is 17.2 Å². The normalized spacial score (nSPS) is 13.6. The average Bonchev–Trinajstić information content (AvgIpc) is 1.87. The van der Waals surface area contributed by atoms with Crippen molar-refractivity contribution in [2.45, 2.75) is 13.0 Å². The second-order valence-corrected chi connectivity index (χ2v) is 2.75. The fraction of sp³-hybridized carbons (Fsp3) is 0.833. The highest BCUT2D eigenvalue weighted by atomic mass is 32.1. The standard InChI is InChI=1S/C6H14N2OS/c1-5(6(7)10)8(2)3-4-9/h5,9H,3-4H2,1-2H3,(H2,7,10). The molecule has 3 N–H and O–H groups in total. The topological polar surface area (TPSA) is 49.5 Å². The van der Waals surface area contributed by atoms with Crippen molar-refractivity contribution in [3.8, 4) is 0 Å². The van der Waals surface area contributed by atoms with E-state index in [9.17, 15) is 0 Å². The van der Waals surface area contributed by atoms with Gasteiger partial charge in [-0.05, 0) is 14.0 Å². The molecule has 0 saturated carbocycles. The van der Waals surface area contributed by atoms with Crippen LogP contribution in [0, 0.1) is 0 Å². The fourth-order valence-electron chi connectivity index (χ4n) is 0.569. The van der Waals surface area contributed by atoms with E-state index in [0.29, 0.717) is 11.5 Å². The zero-order valence-corrected chi connectivity index (χ0v) is 7.19. The Kier molecular flexibility index (Phi) is 4.51. The third-order valence-electron chi connectivity index (χ3n) is 1.53. The molecule has 60 valence electrons. The minimum absolute atomic E-state index is 0.0714. The molecule has 1 atom stereocenters. The summed E-state index contributed by atoms with van der Waals surface area (Å²) in [6.07, 6.45) is 0. The first-order valence-corrected chi connectivity index (χ1v) is 3.60. The predicted octanol–water partition coefficient (Wildman–Crippen LogP) is -0.415. The SMILES string of the molecule is CC(C(N)=S)N(C)CCO. The zero-order valence-electron chi connectivity index (χ0n) is 6.37. The number of hydrogen-bond acceptors (Lipinski definition) is 3. The predicted molar refractivity (Wildman–Crippen MR) is 46.0 cm³/mol. The molecule has 0 heterocycles. The Morgan fingerprint density at radius 3 is 2.60 bits per heavy atom. The molecular formula is C6H14N2OS. The maximum Gasteiger partial charge on any atom is 0.0899 e. The van der Waals surface area contributed by atoms with E-state index in [2.05, 4.69) is 0 Å². The quantitative estimate of drug-likeness (QED) is 0.552. The Labute approximate surface area is 66.8 Å². The molecule has 0 saturated heterocycles. The van der Waals surface area contributed by atoms with Crippen LogP contribution in [-0.2, 0) is 0 Å². The molecule has 0 rings (SSSR count). The van der Waals surface area contributed by atoms with Gasteiger partial charge in [0.25, 0.3) is 0 Å². The largest absolute Gasteiger partial charge is 0.395 e. The summed E-state index contributed by atoms with van der Waals surface area (Å²) in [6.45, 7) is 2.67. The van der Waals surface area contributed by atoms with E-state index < -0.39 is 0 Å². The van der Waals surface area contributed by atoms with E-state index in [0.717, 1.165) is 0 Å². The van der Waals surface area contributed by atoms with Crippen molar-refractivity contribution in [3.05, 3.63) is 0 Å². The molecule has 0 spiro atoms. The Morgan fingerprint density at radius 1 is 1.80 bits per heavy atom. The van der Waals surface area contributed by atoms with Crippen LogP contribution in [0.25, 0.3) is 0 Å². The van der Waals surface area contributed by atoms with Crippen molar-refractivity contribution in [3.63, 3.8) is 0 Å². The minimum atomic E-state index is 0.0714. The van der Waals surface area contributed by atoms with Crippen LogP contribution >= 0.6 is 12.2 Å². The van der Waals surface area contributed by atoms with Crippen LogP contribution in [0.4, 0.5) is 0 Å². The minimum Gasteiger partial charge on any atom is -0.395 e. The average molecular weight is 162 g/mol. The monoisotopic (exact) mass is 162 g/mol. The smallest absolute Gasteiger partial charge is 0.0899 e. The van der Waals surface area contributed by atoms with Crippen molar-refractivity contribution in [2.75, 3.05) is 20.2 Å². The Balaban J connectivity index is 3.69. The van der Waals surface area contributed by atoms with Gasteiger partial charge in [0.05, 0.1) is 17.6 Å². The van der Waals surface area contributed by atoms with E-state index in [1.54, 1.807) is 0 Å². The van der Waals surface area contributed by atoms with Crippen molar-refractivity contribution < 1.29 is 5.11 Å². The molecule has 0 bridgehead atoms. The molecule has 0 aliphatic carbocycles. The van der Waals surface area contributed by atoms with Crippen LogP contribution in [-0.4, -0.2) is 41.2 Å². The van der Waals surface area contributed by atoms with Gasteiger partial charge >= 0.3 is 0 Å². The third-order valence-corrected chi connectivity index (χ3v) is 1.87. The Morgan fingerprint density at radius 2 is 2.30 bits per heavy atom. The number of thiocarbonyl (C=S) groups is 1. The molecule has 4 heteroatoms. The molecule has 0 aromatic carbocycles. The summed E-state index contributed by atoms with van der Waals surface area (Å²) >= 11 is 4.76. The Bertz CT molecular complexity index is 118. The summed E-state index contributed by atoms with van der Waals surface area (Å²) < 4.78 is 0. The highest BCUT2D eigenvalue weighted by Crippen LogP contribution is 1.93. The lowest BCUT2D eigenvalue weighted by Crippen LogP contribution is -2.40. The lowest BCUT2D eigenvalue weighted by molar-refractivity contribution is 0.212. The number of aliphatic hydroxyl groups excluding tert-OH is 1. The van der Waals surface area contributed by atoms with Crippen LogP contribution in [0.3, 0.4) is 0 Å². The third kappa shape index (κ3) is 3.10. The van der Waals surface area contributed by atoms with Gasteiger partial charge in [0.15, 0.2) is 0 Å². The number of rotatable bonds is 4. The fourth-order valence-corrected chi connectivity index (χ4v) is 0.749. The van der Waals surface area contributed by atoms with Crippen LogP contribution < -0.4 is 5.73 Å². The van der Waals surface area contributed by atoms with Gasteiger partial charge in [0.2, 0.25) is 0 Å². The maximum atomic E-state index is 8.54. The van der Waals surface area contributed by atoms with E-state index in [1.807, 2.05) is 18.9 Å². The zero-order chi connectivity index (χ0) is 8.15. The van der Waals surface area contributed by atoms with Gasteiger partial charge in [0.1, 0.15) is 0 Å². The summed E-state index contributed by atoms with van der Waals surface area (Å²) in [6, 6.07) is 0.0714. The first-order valence-electron chi connectivity index (χ1n) is 3.20. The first-order chi connectivity index (χ1) is 4.59. The van der Waals surface area contributed by atoms with Gasteiger partial charge in [-0.1, -0.05) is 12.2 Å². The molecule has 0 aliphatic heterocycles.